The highest BCUT2D eigenvalue weighted by molar-refractivity contribution is 5.78. The summed E-state index contributed by atoms with van der Waals surface area (Å²) in [5.74, 6) is 1.16. The Labute approximate surface area is 152 Å². The SMILES string of the molecule is COc1ccc(CN(C)C(=O)Cc2ccc([N+](=O)[O-])c(C)c2)cc1OC. The monoisotopic (exact) mass is 358 g/mol. The van der Waals surface area contributed by atoms with Crippen molar-refractivity contribution < 1.29 is 19.2 Å². The Kier molecular flexibility index (Phi) is 6.16. The van der Waals surface area contributed by atoms with Gasteiger partial charge in [0.05, 0.1) is 25.6 Å². The first kappa shape index (κ1) is 19.2. The molecule has 7 heteroatoms. The topological polar surface area (TPSA) is 81.9 Å². The summed E-state index contributed by atoms with van der Waals surface area (Å²) in [4.78, 5) is 24.5. The number of methoxy groups -OCH3 is 2. The molecule has 0 aliphatic carbocycles. The van der Waals surface area contributed by atoms with Gasteiger partial charge in [0.2, 0.25) is 5.91 Å². The minimum absolute atomic E-state index is 0.0554. The van der Waals surface area contributed by atoms with E-state index in [0.29, 0.717) is 23.6 Å². The Morgan fingerprint density at radius 2 is 1.73 bits per heavy atom. The van der Waals surface area contributed by atoms with Gasteiger partial charge >= 0.3 is 0 Å². The minimum atomic E-state index is -0.426. The van der Waals surface area contributed by atoms with Crippen molar-refractivity contribution in [3.63, 3.8) is 0 Å². The number of nitrogens with zero attached hydrogens (tertiary/aromatic N) is 2. The highest BCUT2D eigenvalue weighted by Crippen LogP contribution is 2.28. The third-order valence-electron chi connectivity index (χ3n) is 4.11. The van der Waals surface area contributed by atoms with E-state index in [4.69, 9.17) is 9.47 Å². The van der Waals surface area contributed by atoms with E-state index in [9.17, 15) is 14.9 Å². The Bertz CT molecular complexity index is 820. The maximum atomic E-state index is 12.5. The van der Waals surface area contributed by atoms with E-state index in [0.717, 1.165) is 11.1 Å². The first-order valence-electron chi connectivity index (χ1n) is 8.04. The smallest absolute Gasteiger partial charge is 0.272 e. The molecule has 0 saturated carbocycles. The molecule has 2 aromatic rings. The number of likely N-dealkylation sites (N-methyl/N-ethyl adjacent to an activating group) is 1. The van der Waals surface area contributed by atoms with Crippen LogP contribution < -0.4 is 9.47 Å². The summed E-state index contributed by atoms with van der Waals surface area (Å²) in [5.41, 5.74) is 2.26. The predicted octanol–water partition coefficient (Wildman–Crippen LogP) is 3.12. The molecule has 0 fully saturated rings. The fraction of sp³-hybridized carbons (Fsp3) is 0.316. The summed E-state index contributed by atoms with van der Waals surface area (Å²) in [7, 11) is 4.85. The number of ether oxygens (including phenoxy) is 2. The third-order valence-corrected chi connectivity index (χ3v) is 4.11. The Morgan fingerprint density at radius 1 is 1.08 bits per heavy atom. The predicted molar refractivity (Wildman–Crippen MR) is 97.6 cm³/mol. The molecule has 0 aliphatic heterocycles. The van der Waals surface area contributed by atoms with Crippen molar-refractivity contribution in [3.05, 3.63) is 63.2 Å². The number of carbonyl (C=O) groups is 1. The van der Waals surface area contributed by atoms with E-state index in [2.05, 4.69) is 0 Å². The van der Waals surface area contributed by atoms with Crippen molar-refractivity contribution in [2.75, 3.05) is 21.3 Å². The van der Waals surface area contributed by atoms with Crippen LogP contribution in [-0.2, 0) is 17.8 Å². The molecular weight excluding hydrogens is 336 g/mol. The van der Waals surface area contributed by atoms with Crippen molar-refractivity contribution in [1.29, 1.82) is 0 Å². The second kappa shape index (κ2) is 8.33. The third kappa shape index (κ3) is 4.50. The number of amides is 1. The van der Waals surface area contributed by atoms with Gasteiger partial charge in [0.1, 0.15) is 0 Å². The molecule has 0 saturated heterocycles. The summed E-state index contributed by atoms with van der Waals surface area (Å²) < 4.78 is 10.5. The zero-order chi connectivity index (χ0) is 19.3. The minimum Gasteiger partial charge on any atom is -0.493 e. The largest absolute Gasteiger partial charge is 0.493 e. The van der Waals surface area contributed by atoms with E-state index >= 15 is 0 Å². The standard InChI is InChI=1S/C19H22N2O5/c1-13-9-14(5-7-16(13)21(23)24)11-19(22)20(2)12-15-6-8-17(25-3)18(10-15)26-4/h5-10H,11-12H2,1-4H3. The molecular formula is C19H22N2O5. The number of benzene rings is 2. The summed E-state index contributed by atoms with van der Waals surface area (Å²) in [5, 5.41) is 10.9. The Hall–Kier alpha value is -3.09. The van der Waals surface area contributed by atoms with Gasteiger partial charge in [0.25, 0.3) is 5.69 Å². The molecule has 0 spiro atoms. The van der Waals surface area contributed by atoms with Crippen LogP contribution in [0.2, 0.25) is 0 Å². The first-order valence-corrected chi connectivity index (χ1v) is 8.04. The van der Waals surface area contributed by atoms with Gasteiger partial charge in [-0.25, -0.2) is 0 Å². The molecule has 0 bridgehead atoms. The van der Waals surface area contributed by atoms with Gasteiger partial charge in [-0.15, -0.1) is 0 Å². The van der Waals surface area contributed by atoms with Crippen LogP contribution in [0.3, 0.4) is 0 Å². The first-order chi connectivity index (χ1) is 12.3. The maximum Gasteiger partial charge on any atom is 0.272 e. The number of nitro benzene ring substituents is 1. The molecule has 2 rings (SSSR count). The van der Waals surface area contributed by atoms with Gasteiger partial charge in [-0.1, -0.05) is 12.1 Å². The number of hydrogen-bond donors (Lipinski definition) is 0. The van der Waals surface area contributed by atoms with Crippen LogP contribution >= 0.6 is 0 Å². The summed E-state index contributed by atoms with van der Waals surface area (Å²) >= 11 is 0. The molecule has 0 unspecified atom stereocenters. The number of aryl methyl sites for hydroxylation is 1. The highest BCUT2D eigenvalue weighted by Gasteiger charge is 2.15. The molecule has 138 valence electrons. The van der Waals surface area contributed by atoms with Crippen molar-refractivity contribution in [1.82, 2.24) is 4.90 Å². The van der Waals surface area contributed by atoms with E-state index in [-0.39, 0.29) is 18.0 Å². The zero-order valence-electron chi connectivity index (χ0n) is 15.3. The number of rotatable bonds is 7. The number of nitro groups is 1. The van der Waals surface area contributed by atoms with Crippen LogP contribution in [0, 0.1) is 17.0 Å². The van der Waals surface area contributed by atoms with E-state index in [1.165, 1.54) is 6.07 Å². The van der Waals surface area contributed by atoms with Gasteiger partial charge in [0.15, 0.2) is 11.5 Å². The average molecular weight is 358 g/mol. The molecule has 0 aromatic heterocycles. The second-order valence-corrected chi connectivity index (χ2v) is 5.99. The molecule has 0 heterocycles. The molecule has 0 aliphatic rings. The van der Waals surface area contributed by atoms with Gasteiger partial charge in [-0.05, 0) is 36.2 Å². The lowest BCUT2D eigenvalue weighted by molar-refractivity contribution is -0.385. The van der Waals surface area contributed by atoms with Crippen molar-refractivity contribution >= 4 is 11.6 Å². The second-order valence-electron chi connectivity index (χ2n) is 5.99. The molecule has 7 nitrogen and oxygen atoms in total. The lowest BCUT2D eigenvalue weighted by Crippen LogP contribution is -2.27. The molecule has 26 heavy (non-hydrogen) atoms. The molecule has 0 N–H and O–H groups in total. The molecule has 2 aromatic carbocycles. The highest BCUT2D eigenvalue weighted by atomic mass is 16.6. The molecule has 0 atom stereocenters. The maximum absolute atomic E-state index is 12.5. The van der Waals surface area contributed by atoms with E-state index in [1.54, 1.807) is 51.3 Å². The van der Waals surface area contributed by atoms with Crippen LogP contribution in [0.4, 0.5) is 5.69 Å². The lowest BCUT2D eigenvalue weighted by atomic mass is 10.1. The van der Waals surface area contributed by atoms with Gasteiger partial charge in [-0.2, -0.15) is 0 Å². The summed E-state index contributed by atoms with van der Waals surface area (Å²) in [6.07, 6.45) is 0.183. The van der Waals surface area contributed by atoms with E-state index in [1.807, 2.05) is 12.1 Å². The lowest BCUT2D eigenvalue weighted by Gasteiger charge is -2.18. The fourth-order valence-corrected chi connectivity index (χ4v) is 2.68. The van der Waals surface area contributed by atoms with Gasteiger partial charge < -0.3 is 14.4 Å². The normalized spacial score (nSPS) is 10.3. The number of carbonyl (C=O) groups excluding carboxylic acids is 1. The van der Waals surface area contributed by atoms with Crippen molar-refractivity contribution in [2.24, 2.45) is 0 Å². The summed E-state index contributed by atoms with van der Waals surface area (Å²) in [6, 6.07) is 10.2. The van der Waals surface area contributed by atoms with Crippen molar-refractivity contribution in [2.45, 2.75) is 19.9 Å². The molecule has 0 radical (unpaired) electrons. The zero-order valence-corrected chi connectivity index (χ0v) is 15.3. The van der Waals surface area contributed by atoms with Crippen molar-refractivity contribution in [3.8, 4) is 11.5 Å². The molecule has 1 amide bonds. The number of hydrogen-bond acceptors (Lipinski definition) is 5. The quantitative estimate of drug-likeness (QED) is 0.561. The van der Waals surface area contributed by atoms with Crippen LogP contribution in [-0.4, -0.2) is 37.0 Å². The average Bonchev–Trinajstić information content (AvgIpc) is 2.61. The Balaban J connectivity index is 2.06. The fourth-order valence-electron chi connectivity index (χ4n) is 2.68. The van der Waals surface area contributed by atoms with E-state index < -0.39 is 4.92 Å². The summed E-state index contributed by atoms with van der Waals surface area (Å²) in [6.45, 7) is 2.09. The van der Waals surface area contributed by atoms with Crippen LogP contribution in [0.5, 0.6) is 11.5 Å². The van der Waals surface area contributed by atoms with Crippen LogP contribution in [0.15, 0.2) is 36.4 Å². The van der Waals surface area contributed by atoms with Crippen LogP contribution in [0.1, 0.15) is 16.7 Å². The Morgan fingerprint density at radius 3 is 2.31 bits per heavy atom. The van der Waals surface area contributed by atoms with Crippen LogP contribution in [0.25, 0.3) is 0 Å². The van der Waals surface area contributed by atoms with Gasteiger partial charge in [-0.3, -0.25) is 14.9 Å². The van der Waals surface area contributed by atoms with Gasteiger partial charge in [0, 0.05) is 25.2 Å².